The number of rotatable bonds is 0. The van der Waals surface area contributed by atoms with E-state index in [0.717, 1.165) is 0 Å². The molecule has 4 atom stereocenters. The van der Waals surface area contributed by atoms with E-state index in [0.29, 0.717) is 45.4 Å². The molecule has 2 heterocycles. The molecule has 0 saturated carbocycles. The summed E-state index contributed by atoms with van der Waals surface area (Å²) < 4.78 is 16.1. The molecule has 2 saturated heterocycles. The number of hydrogen-bond donors (Lipinski definition) is 1. The second-order valence-electron chi connectivity index (χ2n) is 3.07. The van der Waals surface area contributed by atoms with Gasteiger partial charge in [0.25, 0.3) is 0 Å². The van der Waals surface area contributed by atoms with E-state index in [2.05, 4.69) is 0 Å². The van der Waals surface area contributed by atoms with Gasteiger partial charge in [-0.05, 0) is 0 Å². The molecule has 2 fully saturated rings. The molecule has 0 spiro atoms. The van der Waals surface area contributed by atoms with Gasteiger partial charge < -0.3 is 0 Å². The molecule has 2 radical (unpaired) electrons. The second kappa shape index (κ2) is 3.87. The van der Waals surface area contributed by atoms with Crippen LogP contribution in [-0.4, -0.2) is 66.2 Å². The van der Waals surface area contributed by atoms with Crippen LogP contribution in [0.1, 0.15) is 6.42 Å². The third kappa shape index (κ3) is 1.82. The maximum atomic E-state index is 9.58. The Balaban J connectivity index is 2.00. The Morgan fingerprint density at radius 2 is 2.17 bits per heavy atom. The first-order chi connectivity index (χ1) is 5.77. The van der Waals surface area contributed by atoms with Crippen LogP contribution in [0, 0.1) is 0 Å². The number of fused-ring (bicyclic) bond motifs is 1. The normalized spacial score (nSPS) is 48.5. The van der Waals surface area contributed by atoms with Crippen molar-refractivity contribution in [2.75, 3.05) is 13.2 Å². The molecule has 0 aromatic carbocycles. The second-order valence-corrected chi connectivity index (χ2v) is 5.18. The van der Waals surface area contributed by atoms with Gasteiger partial charge in [0, 0.05) is 0 Å². The molecular weight excluding hydrogens is 355 g/mol. The van der Waals surface area contributed by atoms with E-state index in [9.17, 15) is 5.11 Å². The molecule has 12 heavy (non-hydrogen) atoms. The van der Waals surface area contributed by atoms with Crippen molar-refractivity contribution in [1.82, 2.24) is 0 Å². The zero-order chi connectivity index (χ0) is 8.55. The summed E-state index contributed by atoms with van der Waals surface area (Å²) in [4.78, 5) is 0. The SMILES string of the molecule is OC1CCOC2CO[CH]([PbH])OC12. The average molecular weight is 367 g/mol. The number of aliphatic hydroxyl groups excluding tert-OH is 1. The van der Waals surface area contributed by atoms with Crippen molar-refractivity contribution in [3.05, 3.63) is 0 Å². The molecule has 2 aliphatic rings. The molecule has 2 rings (SSSR count). The third-order valence-corrected chi connectivity index (χ3v) is 3.57. The molecule has 2 aliphatic heterocycles. The van der Waals surface area contributed by atoms with Crippen molar-refractivity contribution in [3.63, 3.8) is 0 Å². The third-order valence-electron chi connectivity index (χ3n) is 2.21. The fraction of sp³-hybridized carbons (Fsp3) is 1.00. The predicted octanol–water partition coefficient (Wildman–Crippen LogP) is -1.26. The molecule has 5 heteroatoms. The molecule has 4 nitrogen and oxygen atoms in total. The quantitative estimate of drug-likeness (QED) is 0.543. The van der Waals surface area contributed by atoms with Crippen LogP contribution >= 0.6 is 0 Å². The van der Waals surface area contributed by atoms with Gasteiger partial charge in [-0.15, -0.1) is 0 Å². The zero-order valence-corrected chi connectivity index (χ0v) is 11.2. The molecule has 0 aromatic heterocycles. The first-order valence-electron chi connectivity index (χ1n) is 4.09. The van der Waals surface area contributed by atoms with Crippen LogP contribution in [-0.2, 0) is 14.2 Å². The Labute approximate surface area is 86.9 Å². The summed E-state index contributed by atoms with van der Waals surface area (Å²) in [7, 11) is 0. The van der Waals surface area contributed by atoms with Crippen LogP contribution in [0.2, 0.25) is 0 Å². The Kier molecular flexibility index (Phi) is 3.01. The molecule has 0 amide bonds. The van der Waals surface area contributed by atoms with E-state index in [1.807, 2.05) is 0 Å². The van der Waals surface area contributed by atoms with E-state index in [1.165, 1.54) is 0 Å². The van der Waals surface area contributed by atoms with Crippen molar-refractivity contribution in [1.29, 1.82) is 0 Å². The fourth-order valence-electron chi connectivity index (χ4n) is 1.55. The molecule has 4 unspecified atom stereocenters. The summed E-state index contributed by atoms with van der Waals surface area (Å²) in [6, 6.07) is 0. The summed E-state index contributed by atoms with van der Waals surface area (Å²) in [6.45, 7) is 1.19. The first kappa shape index (κ1) is 9.32. The molecule has 0 aliphatic carbocycles. The van der Waals surface area contributed by atoms with Gasteiger partial charge in [-0.1, -0.05) is 0 Å². The number of aliphatic hydroxyl groups is 1. The summed E-state index contributed by atoms with van der Waals surface area (Å²) in [5, 5.41) is 9.58. The first-order valence-corrected chi connectivity index (χ1v) is 6.69. The van der Waals surface area contributed by atoms with Gasteiger partial charge in [-0.3, -0.25) is 0 Å². The van der Waals surface area contributed by atoms with Gasteiger partial charge in [-0.25, -0.2) is 0 Å². The van der Waals surface area contributed by atoms with E-state index < -0.39 is 0 Å². The summed E-state index contributed by atoms with van der Waals surface area (Å²) in [5.41, 5.74) is 0. The van der Waals surface area contributed by atoms with Crippen molar-refractivity contribution in [3.8, 4) is 0 Å². The predicted molar refractivity (Wildman–Crippen MR) is 42.1 cm³/mol. The maximum absolute atomic E-state index is 9.58. The molecule has 0 bridgehead atoms. The Morgan fingerprint density at radius 3 is 3.00 bits per heavy atom. The average Bonchev–Trinajstić information content (AvgIpc) is 2.07. The van der Waals surface area contributed by atoms with Crippen LogP contribution in [0.25, 0.3) is 0 Å². The van der Waals surface area contributed by atoms with Gasteiger partial charge in [0.15, 0.2) is 0 Å². The molecule has 0 aromatic rings. The zero-order valence-electron chi connectivity index (χ0n) is 6.68. The molecule has 1 N–H and O–H groups in total. The Hall–Kier alpha value is 0.762. The van der Waals surface area contributed by atoms with E-state index >= 15 is 0 Å². The van der Waals surface area contributed by atoms with Crippen LogP contribution in [0.15, 0.2) is 0 Å². The van der Waals surface area contributed by atoms with Gasteiger partial charge in [0.2, 0.25) is 0 Å². The van der Waals surface area contributed by atoms with E-state index in [-0.39, 0.29) is 22.2 Å². The summed E-state index contributed by atoms with van der Waals surface area (Å²) in [5.74, 6) is 0. The fourth-order valence-corrected chi connectivity index (χ4v) is 2.69. The minimum absolute atomic E-state index is 0.0521. The van der Waals surface area contributed by atoms with Crippen LogP contribution in [0.5, 0.6) is 0 Å². The van der Waals surface area contributed by atoms with Crippen LogP contribution < -0.4 is 0 Å². The van der Waals surface area contributed by atoms with Crippen LogP contribution in [0.4, 0.5) is 0 Å². The summed E-state index contributed by atoms with van der Waals surface area (Å²) in [6.07, 6.45) is 0.110. The van der Waals surface area contributed by atoms with E-state index in [4.69, 9.17) is 14.2 Å². The Morgan fingerprint density at radius 1 is 1.33 bits per heavy atom. The van der Waals surface area contributed by atoms with Crippen LogP contribution in [0.3, 0.4) is 0 Å². The van der Waals surface area contributed by atoms with Crippen molar-refractivity contribution < 1.29 is 19.3 Å². The van der Waals surface area contributed by atoms with Crippen molar-refractivity contribution in [2.24, 2.45) is 0 Å². The molecule has 68 valence electrons. The summed E-state index contributed by atoms with van der Waals surface area (Å²) >= 11 is 0.644. The van der Waals surface area contributed by atoms with Crippen molar-refractivity contribution >= 4 is 25.8 Å². The van der Waals surface area contributed by atoms with Gasteiger partial charge in [0.05, 0.1) is 0 Å². The Bertz CT molecular complexity index is 165. The van der Waals surface area contributed by atoms with Crippen molar-refractivity contribution in [2.45, 2.75) is 28.6 Å². The minimum atomic E-state index is -0.367. The van der Waals surface area contributed by atoms with Gasteiger partial charge in [-0.2, -0.15) is 0 Å². The topological polar surface area (TPSA) is 47.9 Å². The number of ether oxygens (including phenoxy) is 3. The van der Waals surface area contributed by atoms with Gasteiger partial charge >= 0.3 is 86.9 Å². The standard InChI is InChI=1S/C7H11O4.Pb.H/c8-5-1-2-10-6-3-9-4-11-7(5)6;;/h4-8H,1-3H2;;. The van der Waals surface area contributed by atoms with E-state index in [1.54, 1.807) is 0 Å². The molecular formula is C7H12O4Pb. The number of hydrogen-bond acceptors (Lipinski definition) is 4. The monoisotopic (exact) mass is 368 g/mol. The van der Waals surface area contributed by atoms with Gasteiger partial charge in [0.1, 0.15) is 0 Å².